The number of anilines is 2. The van der Waals surface area contributed by atoms with Crippen LogP contribution in [0.4, 0.5) is 21.3 Å². The second-order valence-corrected chi connectivity index (χ2v) is 9.54. The number of hydrogen-bond acceptors (Lipinski definition) is 7. The summed E-state index contributed by atoms with van der Waals surface area (Å²) in [6, 6.07) is 2.14. The van der Waals surface area contributed by atoms with Crippen molar-refractivity contribution in [3.8, 4) is 0 Å². The van der Waals surface area contributed by atoms with Crippen LogP contribution in [0.1, 0.15) is 18.7 Å². The number of rotatable bonds is 5. The summed E-state index contributed by atoms with van der Waals surface area (Å²) in [6.07, 6.45) is 5.42. The molecule has 4 heterocycles. The summed E-state index contributed by atoms with van der Waals surface area (Å²) in [5.41, 5.74) is 2.18. The van der Waals surface area contributed by atoms with Crippen LogP contribution < -0.4 is 10.6 Å². The highest BCUT2D eigenvalue weighted by Crippen LogP contribution is 2.41. The number of likely N-dealkylation sites (tertiary alicyclic amines) is 1. The second kappa shape index (κ2) is 8.37. The van der Waals surface area contributed by atoms with Gasteiger partial charge in [-0.15, -0.1) is 0 Å². The molecule has 1 unspecified atom stereocenters. The maximum absolute atomic E-state index is 12.7. The van der Waals surface area contributed by atoms with Gasteiger partial charge in [0.05, 0.1) is 18.8 Å². The Labute approximate surface area is 190 Å². The molecule has 0 spiro atoms. The van der Waals surface area contributed by atoms with Crippen molar-refractivity contribution in [2.45, 2.75) is 25.4 Å². The average Bonchev–Trinajstić information content (AvgIpc) is 3.51. The molecule has 3 N–H and O–H groups in total. The molecule has 2 fully saturated rings. The predicted molar refractivity (Wildman–Crippen MR) is 124 cm³/mol. The van der Waals surface area contributed by atoms with Crippen molar-refractivity contribution in [1.82, 2.24) is 29.1 Å². The number of aromatic amines is 1. The molecule has 2 aliphatic rings. The molecule has 11 heteroatoms. The first-order valence-electron chi connectivity index (χ1n) is 10.6. The monoisotopic (exact) mass is 451 g/mol. The summed E-state index contributed by atoms with van der Waals surface area (Å²) >= 11 is 1.22. The number of pyridine rings is 1. The number of H-pyrrole nitrogens is 1. The maximum Gasteiger partial charge on any atom is 0.323 e. The molecule has 5 rings (SSSR count). The summed E-state index contributed by atoms with van der Waals surface area (Å²) < 4.78 is 4.29. The zero-order chi connectivity index (χ0) is 22.2. The van der Waals surface area contributed by atoms with Gasteiger partial charge in [-0.25, -0.2) is 14.6 Å². The van der Waals surface area contributed by atoms with E-state index in [1.54, 1.807) is 6.20 Å². The fraction of sp³-hybridized carbons (Fsp3) is 0.476. The minimum Gasteiger partial charge on any atom is -0.390 e. The van der Waals surface area contributed by atoms with E-state index >= 15 is 0 Å². The summed E-state index contributed by atoms with van der Waals surface area (Å²) in [5, 5.41) is 8.00. The van der Waals surface area contributed by atoms with Crippen molar-refractivity contribution in [3.63, 3.8) is 0 Å². The number of amides is 2. The van der Waals surface area contributed by atoms with Crippen molar-refractivity contribution in [2.24, 2.45) is 11.8 Å². The zero-order valence-corrected chi connectivity index (χ0v) is 18.8. The van der Waals surface area contributed by atoms with Crippen LogP contribution in [0.5, 0.6) is 0 Å². The Hall–Kier alpha value is -3.23. The Balaban J connectivity index is 1.19. The fourth-order valence-electron chi connectivity index (χ4n) is 4.84. The molecule has 3 aromatic heterocycles. The van der Waals surface area contributed by atoms with E-state index in [0.717, 1.165) is 42.7 Å². The minimum absolute atomic E-state index is 0.102. The van der Waals surface area contributed by atoms with Gasteiger partial charge in [-0.2, -0.15) is 4.37 Å². The van der Waals surface area contributed by atoms with Crippen molar-refractivity contribution < 1.29 is 4.79 Å². The van der Waals surface area contributed by atoms with E-state index in [9.17, 15) is 4.79 Å². The van der Waals surface area contributed by atoms with Gasteiger partial charge < -0.3 is 20.1 Å². The molecule has 0 aromatic carbocycles. The van der Waals surface area contributed by atoms with Gasteiger partial charge in [-0.3, -0.25) is 10.3 Å². The summed E-state index contributed by atoms with van der Waals surface area (Å²) in [7, 11) is 3.92. The summed E-state index contributed by atoms with van der Waals surface area (Å²) in [4.78, 5) is 32.1. The van der Waals surface area contributed by atoms with E-state index in [0.29, 0.717) is 35.0 Å². The van der Waals surface area contributed by atoms with Crippen LogP contribution in [0.15, 0.2) is 18.5 Å². The third-order valence-electron chi connectivity index (χ3n) is 6.21. The Morgan fingerprint density at radius 3 is 2.88 bits per heavy atom. The zero-order valence-electron chi connectivity index (χ0n) is 18.0. The van der Waals surface area contributed by atoms with E-state index in [1.807, 2.05) is 36.2 Å². The van der Waals surface area contributed by atoms with Crippen LogP contribution in [0.3, 0.4) is 0 Å². The SMILES string of the molecule is [C-]#[N+]c1cnc2[nH]ccc2c1NC1C[C@@H]2CN(C(=O)Nc3nc(CN(C)C)ns3)C[C@@H]2C1. The molecular formula is C21H25N9OS. The smallest absolute Gasteiger partial charge is 0.323 e. The topological polar surface area (TPSA) is 106 Å². The average molecular weight is 452 g/mol. The van der Waals surface area contributed by atoms with Crippen molar-refractivity contribution in [1.29, 1.82) is 0 Å². The lowest BCUT2D eigenvalue weighted by molar-refractivity contribution is 0.218. The normalized spacial score (nSPS) is 22.3. The van der Waals surface area contributed by atoms with Crippen LogP contribution in [0, 0.1) is 18.4 Å². The lowest BCUT2D eigenvalue weighted by atomic mass is 10.0. The van der Waals surface area contributed by atoms with Crippen LogP contribution in [0.2, 0.25) is 0 Å². The largest absolute Gasteiger partial charge is 0.390 e. The van der Waals surface area contributed by atoms with Gasteiger partial charge in [-0.1, -0.05) is 0 Å². The number of carbonyl (C=O) groups excluding carboxylic acids is 1. The quantitative estimate of drug-likeness (QED) is 0.514. The van der Waals surface area contributed by atoms with E-state index in [-0.39, 0.29) is 12.1 Å². The third kappa shape index (κ3) is 3.99. The number of aromatic nitrogens is 4. The Bertz CT molecular complexity index is 1170. The first kappa shape index (κ1) is 20.7. The molecule has 1 aliphatic heterocycles. The van der Waals surface area contributed by atoms with Gasteiger partial charge in [-0.05, 0) is 44.8 Å². The van der Waals surface area contributed by atoms with E-state index in [1.165, 1.54) is 11.5 Å². The highest BCUT2D eigenvalue weighted by molar-refractivity contribution is 7.09. The molecule has 10 nitrogen and oxygen atoms in total. The second-order valence-electron chi connectivity index (χ2n) is 8.79. The molecule has 32 heavy (non-hydrogen) atoms. The van der Waals surface area contributed by atoms with Crippen molar-refractivity contribution in [2.75, 3.05) is 37.8 Å². The molecule has 1 aliphatic carbocycles. The van der Waals surface area contributed by atoms with E-state index in [2.05, 4.69) is 34.8 Å². The molecule has 166 valence electrons. The van der Waals surface area contributed by atoms with Crippen LogP contribution in [-0.2, 0) is 6.54 Å². The number of carbonyl (C=O) groups is 1. The number of urea groups is 1. The number of nitrogens with zero attached hydrogens (tertiary/aromatic N) is 6. The van der Waals surface area contributed by atoms with Gasteiger partial charge in [0.15, 0.2) is 5.82 Å². The van der Waals surface area contributed by atoms with E-state index in [4.69, 9.17) is 6.57 Å². The Morgan fingerprint density at radius 2 is 2.16 bits per heavy atom. The molecular weight excluding hydrogens is 426 g/mol. The van der Waals surface area contributed by atoms with Gasteiger partial charge >= 0.3 is 6.03 Å². The predicted octanol–water partition coefficient (Wildman–Crippen LogP) is 3.38. The van der Waals surface area contributed by atoms with Crippen molar-refractivity contribution in [3.05, 3.63) is 35.7 Å². The van der Waals surface area contributed by atoms with Crippen molar-refractivity contribution >= 4 is 45.1 Å². The van der Waals surface area contributed by atoms with Gasteiger partial charge in [0.2, 0.25) is 10.8 Å². The molecule has 0 bridgehead atoms. The highest BCUT2D eigenvalue weighted by atomic mass is 32.1. The Morgan fingerprint density at radius 1 is 1.38 bits per heavy atom. The molecule has 3 aromatic rings. The lowest BCUT2D eigenvalue weighted by Crippen LogP contribution is -2.34. The van der Waals surface area contributed by atoms with Gasteiger partial charge in [0.25, 0.3) is 0 Å². The first-order valence-corrected chi connectivity index (χ1v) is 11.4. The molecule has 1 saturated carbocycles. The highest BCUT2D eigenvalue weighted by Gasteiger charge is 2.42. The summed E-state index contributed by atoms with van der Waals surface area (Å²) in [5.74, 6) is 1.63. The molecule has 3 atom stereocenters. The lowest BCUT2D eigenvalue weighted by Gasteiger charge is -2.21. The summed E-state index contributed by atoms with van der Waals surface area (Å²) in [6.45, 7) is 9.62. The van der Waals surface area contributed by atoms with Crippen LogP contribution in [0.25, 0.3) is 15.9 Å². The molecule has 0 radical (unpaired) electrons. The van der Waals surface area contributed by atoms with Gasteiger partial charge in [0, 0.05) is 48.4 Å². The number of fused-ring (bicyclic) bond motifs is 2. The Kier molecular flexibility index (Phi) is 5.40. The third-order valence-corrected chi connectivity index (χ3v) is 6.88. The number of nitrogens with one attached hydrogen (secondary N) is 3. The standard InChI is InChI=1S/C21H25N9OS/c1-22-16-8-24-19-15(4-5-23-19)18(16)25-14-6-12-9-30(10-13(12)7-14)21(31)27-20-26-17(28-32-20)11-29(2)3/h4-5,8,12-14H,6-7,9-11H2,2-3H3,(H2,23,24,25)(H,26,27,28,31)/t12-,13+,14?. The molecule has 2 amide bonds. The van der Waals surface area contributed by atoms with E-state index < -0.39 is 0 Å². The maximum atomic E-state index is 12.7. The number of hydrogen-bond donors (Lipinski definition) is 3. The molecule has 1 saturated heterocycles. The van der Waals surface area contributed by atoms with Gasteiger partial charge in [0.1, 0.15) is 5.65 Å². The fourth-order valence-corrected chi connectivity index (χ4v) is 5.41. The first-order chi connectivity index (χ1) is 15.5. The van der Waals surface area contributed by atoms with Crippen LogP contribution >= 0.6 is 11.5 Å². The van der Waals surface area contributed by atoms with Crippen LogP contribution in [-0.4, -0.2) is 68.4 Å². The minimum atomic E-state index is -0.102.